The molecule has 0 saturated heterocycles. The fraction of sp³-hybridized carbons (Fsp3) is 0.133. The number of rotatable bonds is 5. The van der Waals surface area contributed by atoms with Gasteiger partial charge in [-0.1, -0.05) is 17.7 Å². The van der Waals surface area contributed by atoms with E-state index in [-0.39, 0.29) is 18.0 Å². The average molecular weight is 305 g/mol. The molecular weight excluding hydrogens is 292 g/mol. The standard InChI is InChI=1S/C15H13ClN2O3/c1-10-2-7-13(18(20)21)8-14(10)17-9-15(19)11-3-5-12(16)6-4-11/h2-8,17H,9H2,1H3. The number of nitrogens with one attached hydrogen (secondary N) is 1. The van der Waals surface area contributed by atoms with Crippen LogP contribution in [0.3, 0.4) is 0 Å². The van der Waals surface area contributed by atoms with E-state index < -0.39 is 4.92 Å². The van der Waals surface area contributed by atoms with Crippen molar-refractivity contribution in [3.63, 3.8) is 0 Å². The Labute approximate surface area is 126 Å². The molecule has 0 radical (unpaired) electrons. The molecule has 1 N–H and O–H groups in total. The van der Waals surface area contributed by atoms with Crippen molar-refractivity contribution in [2.45, 2.75) is 6.92 Å². The largest absolute Gasteiger partial charge is 0.377 e. The smallest absolute Gasteiger partial charge is 0.271 e. The summed E-state index contributed by atoms with van der Waals surface area (Å²) < 4.78 is 0. The number of hydrogen-bond donors (Lipinski definition) is 1. The van der Waals surface area contributed by atoms with Crippen molar-refractivity contribution in [1.29, 1.82) is 0 Å². The van der Waals surface area contributed by atoms with Crippen LogP contribution in [0.4, 0.5) is 11.4 Å². The Hall–Kier alpha value is -2.40. The monoisotopic (exact) mass is 304 g/mol. The van der Waals surface area contributed by atoms with Crippen LogP contribution in [0.1, 0.15) is 15.9 Å². The summed E-state index contributed by atoms with van der Waals surface area (Å²) in [5, 5.41) is 14.3. The van der Waals surface area contributed by atoms with Gasteiger partial charge in [0.1, 0.15) is 0 Å². The van der Waals surface area contributed by atoms with Gasteiger partial charge < -0.3 is 5.32 Å². The lowest BCUT2D eigenvalue weighted by Gasteiger charge is -2.09. The lowest BCUT2D eigenvalue weighted by atomic mass is 10.1. The van der Waals surface area contributed by atoms with Gasteiger partial charge in [0.2, 0.25) is 0 Å². The second-order valence-corrected chi connectivity index (χ2v) is 4.98. The molecule has 0 aliphatic heterocycles. The lowest BCUT2D eigenvalue weighted by molar-refractivity contribution is -0.384. The Kier molecular flexibility index (Phi) is 4.55. The number of Topliss-reactive ketones (excluding diaryl/α,β-unsaturated/α-hetero) is 1. The maximum Gasteiger partial charge on any atom is 0.271 e. The quantitative estimate of drug-likeness (QED) is 0.517. The molecule has 5 nitrogen and oxygen atoms in total. The number of anilines is 1. The maximum atomic E-state index is 12.0. The number of carbonyl (C=O) groups excluding carboxylic acids is 1. The summed E-state index contributed by atoms with van der Waals surface area (Å²) in [6, 6.07) is 11.1. The number of benzene rings is 2. The molecule has 0 spiro atoms. The van der Waals surface area contributed by atoms with E-state index in [4.69, 9.17) is 11.6 Å². The van der Waals surface area contributed by atoms with Gasteiger partial charge in [0.05, 0.1) is 11.5 Å². The van der Waals surface area contributed by atoms with Crippen LogP contribution in [0, 0.1) is 17.0 Å². The number of nitrogens with zero attached hydrogens (tertiary/aromatic N) is 1. The third-order valence-corrected chi connectivity index (χ3v) is 3.29. The molecule has 21 heavy (non-hydrogen) atoms. The van der Waals surface area contributed by atoms with E-state index in [0.29, 0.717) is 16.3 Å². The second kappa shape index (κ2) is 6.37. The number of ketones is 1. The molecule has 2 aromatic rings. The van der Waals surface area contributed by atoms with Crippen LogP contribution in [0.2, 0.25) is 5.02 Å². The number of aryl methyl sites for hydroxylation is 1. The summed E-state index contributed by atoms with van der Waals surface area (Å²) in [4.78, 5) is 22.3. The zero-order valence-electron chi connectivity index (χ0n) is 11.3. The van der Waals surface area contributed by atoms with Crippen molar-refractivity contribution in [1.82, 2.24) is 0 Å². The van der Waals surface area contributed by atoms with Crippen LogP contribution in [0.15, 0.2) is 42.5 Å². The Morgan fingerprint density at radius 3 is 2.52 bits per heavy atom. The van der Waals surface area contributed by atoms with E-state index >= 15 is 0 Å². The molecule has 0 heterocycles. The van der Waals surface area contributed by atoms with E-state index in [1.807, 2.05) is 6.92 Å². The minimum atomic E-state index is -0.467. The van der Waals surface area contributed by atoms with Crippen LogP contribution in [-0.2, 0) is 0 Å². The highest BCUT2D eigenvalue weighted by atomic mass is 35.5. The summed E-state index contributed by atoms with van der Waals surface area (Å²) in [5.74, 6) is -0.113. The van der Waals surface area contributed by atoms with Crippen molar-refractivity contribution >= 4 is 28.8 Å². The summed E-state index contributed by atoms with van der Waals surface area (Å²) in [6.07, 6.45) is 0. The zero-order valence-corrected chi connectivity index (χ0v) is 12.1. The molecule has 6 heteroatoms. The van der Waals surface area contributed by atoms with E-state index in [1.54, 1.807) is 30.3 Å². The number of hydrogen-bond acceptors (Lipinski definition) is 4. The minimum Gasteiger partial charge on any atom is -0.377 e. The van der Waals surface area contributed by atoms with Gasteiger partial charge in [0, 0.05) is 28.4 Å². The molecule has 2 aromatic carbocycles. The Balaban J connectivity index is 2.09. The lowest BCUT2D eigenvalue weighted by Crippen LogP contribution is -2.14. The minimum absolute atomic E-state index is 0.0120. The highest BCUT2D eigenvalue weighted by Crippen LogP contribution is 2.21. The Morgan fingerprint density at radius 2 is 1.90 bits per heavy atom. The first kappa shape index (κ1) is 15.0. The number of carbonyl (C=O) groups is 1. The van der Waals surface area contributed by atoms with Crippen LogP contribution in [0.25, 0.3) is 0 Å². The average Bonchev–Trinajstić information content (AvgIpc) is 2.46. The van der Waals surface area contributed by atoms with E-state index in [0.717, 1.165) is 5.56 Å². The van der Waals surface area contributed by atoms with Crippen molar-refractivity contribution in [3.8, 4) is 0 Å². The third kappa shape index (κ3) is 3.79. The van der Waals surface area contributed by atoms with Crippen LogP contribution >= 0.6 is 11.6 Å². The van der Waals surface area contributed by atoms with Crippen molar-refractivity contribution in [2.75, 3.05) is 11.9 Å². The fourth-order valence-electron chi connectivity index (χ4n) is 1.83. The molecule has 0 saturated carbocycles. The van der Waals surface area contributed by atoms with Crippen molar-refractivity contribution in [2.24, 2.45) is 0 Å². The Bertz CT molecular complexity index is 684. The van der Waals surface area contributed by atoms with Crippen LogP contribution in [0.5, 0.6) is 0 Å². The summed E-state index contributed by atoms with van der Waals surface area (Å²) >= 11 is 5.77. The van der Waals surface area contributed by atoms with Gasteiger partial charge in [0.15, 0.2) is 5.78 Å². The van der Waals surface area contributed by atoms with Gasteiger partial charge >= 0.3 is 0 Å². The normalized spacial score (nSPS) is 10.2. The predicted octanol–water partition coefficient (Wildman–Crippen LogP) is 3.85. The first-order valence-corrected chi connectivity index (χ1v) is 6.63. The van der Waals surface area contributed by atoms with Gasteiger partial charge in [-0.05, 0) is 36.8 Å². The molecule has 0 fully saturated rings. The van der Waals surface area contributed by atoms with Gasteiger partial charge in [-0.15, -0.1) is 0 Å². The number of nitro groups is 1. The van der Waals surface area contributed by atoms with Gasteiger partial charge in [-0.25, -0.2) is 0 Å². The van der Waals surface area contributed by atoms with Gasteiger partial charge in [-0.2, -0.15) is 0 Å². The summed E-state index contributed by atoms with van der Waals surface area (Å²) in [5.41, 5.74) is 1.94. The molecule has 108 valence electrons. The van der Waals surface area contributed by atoms with E-state index in [2.05, 4.69) is 5.32 Å². The first-order chi connectivity index (χ1) is 9.97. The molecule has 0 aliphatic rings. The fourth-order valence-corrected chi connectivity index (χ4v) is 1.95. The maximum absolute atomic E-state index is 12.0. The van der Waals surface area contributed by atoms with Gasteiger partial charge in [0.25, 0.3) is 5.69 Å². The zero-order chi connectivity index (χ0) is 15.4. The highest BCUT2D eigenvalue weighted by Gasteiger charge is 2.10. The first-order valence-electron chi connectivity index (χ1n) is 6.25. The topological polar surface area (TPSA) is 72.2 Å². The van der Waals surface area contributed by atoms with Crippen LogP contribution < -0.4 is 5.32 Å². The molecule has 0 amide bonds. The van der Waals surface area contributed by atoms with E-state index in [9.17, 15) is 14.9 Å². The van der Waals surface area contributed by atoms with Crippen LogP contribution in [-0.4, -0.2) is 17.3 Å². The molecule has 0 aliphatic carbocycles. The SMILES string of the molecule is Cc1ccc([N+](=O)[O-])cc1NCC(=O)c1ccc(Cl)cc1. The predicted molar refractivity (Wildman–Crippen MR) is 82.1 cm³/mol. The number of nitro benzene ring substituents is 1. The molecule has 2 rings (SSSR count). The molecule has 0 bridgehead atoms. The second-order valence-electron chi connectivity index (χ2n) is 4.54. The third-order valence-electron chi connectivity index (χ3n) is 3.04. The summed E-state index contributed by atoms with van der Waals surface area (Å²) in [7, 11) is 0. The molecule has 0 atom stereocenters. The highest BCUT2D eigenvalue weighted by molar-refractivity contribution is 6.30. The number of non-ortho nitro benzene ring substituents is 1. The molecule has 0 unspecified atom stereocenters. The van der Waals surface area contributed by atoms with Gasteiger partial charge in [-0.3, -0.25) is 14.9 Å². The Morgan fingerprint density at radius 1 is 1.24 bits per heavy atom. The van der Waals surface area contributed by atoms with E-state index in [1.165, 1.54) is 12.1 Å². The molecular formula is C15H13ClN2O3. The summed E-state index contributed by atoms with van der Waals surface area (Å²) in [6.45, 7) is 1.88. The van der Waals surface area contributed by atoms with Crippen molar-refractivity contribution in [3.05, 3.63) is 68.7 Å². The number of halogens is 1. The molecule has 0 aromatic heterocycles. The van der Waals surface area contributed by atoms with Crippen molar-refractivity contribution < 1.29 is 9.72 Å².